The fourth-order valence-electron chi connectivity index (χ4n) is 7.74. The molecule has 9 heteroatoms. The molecule has 1 saturated carbocycles. The summed E-state index contributed by atoms with van der Waals surface area (Å²) in [5.41, 5.74) is 9.47. The maximum atomic E-state index is 14.7. The summed E-state index contributed by atoms with van der Waals surface area (Å²) in [6.45, 7) is 3.73. The Morgan fingerprint density at radius 2 is 1.88 bits per heavy atom. The van der Waals surface area contributed by atoms with Crippen molar-refractivity contribution in [3.05, 3.63) is 71.7 Å². The van der Waals surface area contributed by atoms with Gasteiger partial charge in [0.15, 0.2) is 0 Å². The minimum absolute atomic E-state index is 0.0593. The summed E-state index contributed by atoms with van der Waals surface area (Å²) in [6, 6.07) is 14.0. The Hall–Kier alpha value is -3.27. The van der Waals surface area contributed by atoms with Crippen LogP contribution in [0, 0.1) is 11.7 Å². The summed E-state index contributed by atoms with van der Waals surface area (Å²) >= 11 is 0. The average Bonchev–Trinajstić information content (AvgIpc) is 3.66. The molecule has 3 heterocycles. The van der Waals surface area contributed by atoms with Gasteiger partial charge in [-0.2, -0.15) is 0 Å². The number of rotatable bonds is 8. The lowest BCUT2D eigenvalue weighted by atomic mass is 9.81. The molecule has 5 N–H and O–H groups in total. The number of nitrogens with one attached hydrogen (secondary N) is 3. The number of halogens is 1. The van der Waals surface area contributed by atoms with Crippen LogP contribution in [-0.4, -0.2) is 70.5 Å². The molecular weight excluding hydrogens is 531 g/mol. The topological polar surface area (TPSA) is 106 Å². The SMILES string of the molecule is CN[C@@H](C)C(=O)NC(C(=O)N1CC[C@H]2N(Cc3ccccc3)C[C@H](c3c[nH]c4cc(F)ccc34)[C@]21N)C1CCCCC1. The molecule has 1 unspecified atom stereocenters. The summed E-state index contributed by atoms with van der Waals surface area (Å²) in [5.74, 6) is -0.668. The Balaban J connectivity index is 1.38. The number of benzene rings is 2. The first-order chi connectivity index (χ1) is 20.3. The minimum Gasteiger partial charge on any atom is -0.361 e. The Labute approximate surface area is 247 Å². The van der Waals surface area contributed by atoms with Gasteiger partial charge in [0.2, 0.25) is 11.8 Å². The zero-order valence-electron chi connectivity index (χ0n) is 24.6. The second-order valence-electron chi connectivity index (χ2n) is 12.5. The van der Waals surface area contributed by atoms with Gasteiger partial charge >= 0.3 is 0 Å². The van der Waals surface area contributed by atoms with E-state index in [0.717, 1.165) is 61.5 Å². The van der Waals surface area contributed by atoms with Crippen LogP contribution in [0.15, 0.2) is 54.7 Å². The van der Waals surface area contributed by atoms with Gasteiger partial charge in [-0.05, 0) is 68.5 Å². The molecule has 0 spiro atoms. The summed E-state index contributed by atoms with van der Waals surface area (Å²) in [6.07, 6.45) is 7.78. The van der Waals surface area contributed by atoms with Crippen LogP contribution < -0.4 is 16.4 Å². The van der Waals surface area contributed by atoms with E-state index < -0.39 is 17.7 Å². The minimum atomic E-state index is -0.984. The van der Waals surface area contributed by atoms with E-state index >= 15 is 0 Å². The third-order valence-corrected chi connectivity index (χ3v) is 10.1. The van der Waals surface area contributed by atoms with Gasteiger partial charge in [0.25, 0.3) is 0 Å². The van der Waals surface area contributed by atoms with Crippen molar-refractivity contribution in [1.82, 2.24) is 25.4 Å². The molecule has 2 amide bonds. The van der Waals surface area contributed by atoms with Crippen LogP contribution in [-0.2, 0) is 16.1 Å². The van der Waals surface area contributed by atoms with Crippen molar-refractivity contribution in [3.8, 4) is 0 Å². The quantitative estimate of drug-likeness (QED) is 0.327. The van der Waals surface area contributed by atoms with Crippen LogP contribution in [0.25, 0.3) is 10.9 Å². The van der Waals surface area contributed by atoms with Crippen molar-refractivity contribution in [3.63, 3.8) is 0 Å². The van der Waals surface area contributed by atoms with Gasteiger partial charge in [0.1, 0.15) is 17.5 Å². The van der Waals surface area contributed by atoms with E-state index in [1.54, 1.807) is 13.1 Å². The van der Waals surface area contributed by atoms with E-state index in [1.807, 2.05) is 36.2 Å². The predicted octanol–water partition coefficient (Wildman–Crippen LogP) is 3.84. The molecule has 224 valence electrons. The Morgan fingerprint density at radius 3 is 2.62 bits per heavy atom. The molecule has 42 heavy (non-hydrogen) atoms. The highest BCUT2D eigenvalue weighted by atomic mass is 19.1. The highest BCUT2D eigenvalue weighted by molar-refractivity contribution is 5.91. The van der Waals surface area contributed by atoms with Crippen molar-refractivity contribution in [2.24, 2.45) is 11.7 Å². The van der Waals surface area contributed by atoms with E-state index in [9.17, 15) is 14.0 Å². The van der Waals surface area contributed by atoms with Crippen molar-refractivity contribution < 1.29 is 14.0 Å². The smallest absolute Gasteiger partial charge is 0.246 e. The number of hydrogen-bond acceptors (Lipinski definition) is 5. The number of carbonyl (C=O) groups is 2. The molecular formula is C33H43FN6O2. The van der Waals surface area contributed by atoms with Crippen molar-refractivity contribution in [1.29, 1.82) is 0 Å². The first kappa shape index (κ1) is 28.8. The molecule has 2 aromatic carbocycles. The second-order valence-corrected chi connectivity index (χ2v) is 12.5. The Kier molecular flexibility index (Phi) is 8.09. The number of nitrogens with zero attached hydrogens (tertiary/aromatic N) is 2. The number of nitrogens with two attached hydrogens (primary N) is 1. The normalized spacial score (nSPS) is 26.3. The molecule has 2 saturated heterocycles. The monoisotopic (exact) mass is 574 g/mol. The number of H-pyrrole nitrogens is 1. The fourth-order valence-corrected chi connectivity index (χ4v) is 7.74. The number of carbonyl (C=O) groups excluding carboxylic acids is 2. The van der Waals surface area contributed by atoms with Crippen LogP contribution in [0.4, 0.5) is 4.39 Å². The number of amides is 2. The number of fused-ring (bicyclic) bond motifs is 2. The average molecular weight is 575 g/mol. The summed E-state index contributed by atoms with van der Waals surface area (Å²) in [4.78, 5) is 35.3. The highest BCUT2D eigenvalue weighted by Crippen LogP contribution is 2.49. The molecule has 1 aliphatic carbocycles. The summed E-state index contributed by atoms with van der Waals surface area (Å²) in [7, 11) is 1.75. The van der Waals surface area contributed by atoms with E-state index in [0.29, 0.717) is 13.1 Å². The summed E-state index contributed by atoms with van der Waals surface area (Å²) in [5, 5.41) is 7.06. The standard InChI is InChI=1S/C33H43FN6O2/c1-21(36-2)31(41)38-30(23-11-7-4-8-12-23)32(42)40-16-15-29-33(40,35)27(20-39(29)19-22-9-5-3-6-10-22)26-18-37-28-17-24(34)13-14-25(26)28/h3,5-6,9-10,13-14,17-18,21,23,27,29-30,36-37H,4,7-8,11-12,15-16,19-20,35H2,1-2H3,(H,38,41)/t21-,27+,29+,30?,33+/m0/s1. The van der Waals surface area contributed by atoms with Gasteiger partial charge in [-0.15, -0.1) is 0 Å². The van der Waals surface area contributed by atoms with Gasteiger partial charge < -0.3 is 26.3 Å². The molecule has 3 fully saturated rings. The fraction of sp³-hybridized carbons (Fsp3) is 0.515. The van der Waals surface area contributed by atoms with Crippen LogP contribution in [0.1, 0.15) is 62.5 Å². The first-order valence-corrected chi connectivity index (χ1v) is 15.4. The largest absolute Gasteiger partial charge is 0.361 e. The zero-order chi connectivity index (χ0) is 29.4. The third-order valence-electron chi connectivity index (χ3n) is 10.1. The molecule has 8 nitrogen and oxygen atoms in total. The van der Waals surface area contributed by atoms with E-state index in [-0.39, 0.29) is 35.5 Å². The zero-order valence-corrected chi connectivity index (χ0v) is 24.6. The van der Waals surface area contributed by atoms with Gasteiger partial charge in [0.05, 0.1) is 6.04 Å². The van der Waals surface area contributed by atoms with E-state index in [4.69, 9.17) is 5.73 Å². The van der Waals surface area contributed by atoms with Crippen LogP contribution in [0.2, 0.25) is 0 Å². The number of likely N-dealkylation sites (N-methyl/N-ethyl adjacent to an activating group) is 1. The lowest BCUT2D eigenvalue weighted by Crippen LogP contribution is -2.66. The Bertz CT molecular complexity index is 1420. The molecule has 3 aliphatic rings. The second kappa shape index (κ2) is 11.8. The van der Waals surface area contributed by atoms with Crippen LogP contribution in [0.3, 0.4) is 0 Å². The van der Waals surface area contributed by atoms with Crippen LogP contribution >= 0.6 is 0 Å². The lowest BCUT2D eigenvalue weighted by Gasteiger charge is -2.43. The number of aromatic amines is 1. The van der Waals surface area contributed by atoms with Crippen molar-refractivity contribution in [2.75, 3.05) is 20.1 Å². The highest BCUT2D eigenvalue weighted by Gasteiger charge is 2.61. The molecule has 5 atom stereocenters. The predicted molar refractivity (Wildman–Crippen MR) is 162 cm³/mol. The van der Waals surface area contributed by atoms with Gasteiger partial charge in [0, 0.05) is 48.7 Å². The van der Waals surface area contributed by atoms with E-state index in [2.05, 4.69) is 32.7 Å². The number of likely N-dealkylation sites (tertiary alicyclic amines) is 2. The number of hydrogen-bond donors (Lipinski definition) is 4. The van der Waals surface area contributed by atoms with Gasteiger partial charge in [-0.25, -0.2) is 4.39 Å². The summed E-state index contributed by atoms with van der Waals surface area (Å²) < 4.78 is 14.1. The molecule has 6 rings (SSSR count). The van der Waals surface area contributed by atoms with E-state index in [1.165, 1.54) is 17.7 Å². The molecule has 0 radical (unpaired) electrons. The molecule has 1 aromatic heterocycles. The lowest BCUT2D eigenvalue weighted by molar-refractivity contribution is -0.143. The maximum absolute atomic E-state index is 14.7. The Morgan fingerprint density at radius 1 is 1.12 bits per heavy atom. The van der Waals surface area contributed by atoms with Crippen molar-refractivity contribution in [2.45, 2.75) is 81.7 Å². The van der Waals surface area contributed by atoms with Crippen LogP contribution in [0.5, 0.6) is 0 Å². The molecule has 3 aromatic rings. The van der Waals surface area contributed by atoms with Crippen molar-refractivity contribution >= 4 is 22.7 Å². The maximum Gasteiger partial charge on any atom is 0.246 e. The van der Waals surface area contributed by atoms with Gasteiger partial charge in [-0.3, -0.25) is 14.5 Å². The first-order valence-electron chi connectivity index (χ1n) is 15.4. The third kappa shape index (κ3) is 5.12. The number of aromatic nitrogens is 1. The van der Waals surface area contributed by atoms with Gasteiger partial charge in [-0.1, -0.05) is 49.6 Å². The molecule has 2 aliphatic heterocycles. The molecule has 0 bridgehead atoms.